The van der Waals surface area contributed by atoms with E-state index < -0.39 is 30.0 Å². The highest BCUT2D eigenvalue weighted by atomic mass is 16.7. The third kappa shape index (κ3) is 1.83. The Balaban J connectivity index is 2.01. The van der Waals surface area contributed by atoms with Gasteiger partial charge in [0.2, 0.25) is 0 Å². The molecule has 0 aromatic rings. The molecule has 0 aromatic carbocycles. The van der Waals surface area contributed by atoms with Crippen LogP contribution in [0.5, 0.6) is 0 Å². The van der Waals surface area contributed by atoms with E-state index in [1.165, 1.54) is 4.90 Å². The van der Waals surface area contributed by atoms with Crippen molar-refractivity contribution in [2.24, 2.45) is 11.7 Å². The molecule has 0 bridgehead atoms. The van der Waals surface area contributed by atoms with Gasteiger partial charge in [0.1, 0.15) is 12.1 Å². The van der Waals surface area contributed by atoms with Crippen molar-refractivity contribution in [2.75, 3.05) is 13.2 Å². The van der Waals surface area contributed by atoms with Crippen LogP contribution in [0.2, 0.25) is 0 Å². The van der Waals surface area contributed by atoms with E-state index >= 15 is 0 Å². The molecule has 5 unspecified atom stereocenters. The Morgan fingerprint density at radius 3 is 2.67 bits per heavy atom. The number of fused-ring (bicyclic) bond motifs is 1. The van der Waals surface area contributed by atoms with Gasteiger partial charge in [0.25, 0.3) is 0 Å². The number of aliphatic hydroxyl groups excluding tert-OH is 2. The first-order valence-corrected chi connectivity index (χ1v) is 5.70. The zero-order chi connectivity index (χ0) is 13.5. The second-order valence-corrected chi connectivity index (χ2v) is 4.65. The molecule has 100 valence electrons. The summed E-state index contributed by atoms with van der Waals surface area (Å²) in [5.41, 5.74) is 5.25. The van der Waals surface area contributed by atoms with Gasteiger partial charge in [-0.2, -0.15) is 0 Å². The van der Waals surface area contributed by atoms with Crippen LogP contribution < -0.4 is 5.73 Å². The Labute approximate surface area is 105 Å². The number of nitrogens with zero attached hydrogens (tertiary/aromatic N) is 1. The predicted octanol–water partition coefficient (Wildman–Crippen LogP) is -2.36. The molecule has 2 aliphatic rings. The zero-order valence-electron chi connectivity index (χ0n) is 9.78. The number of hydrogen-bond donors (Lipinski definition) is 5. The summed E-state index contributed by atoms with van der Waals surface area (Å²) < 4.78 is 5.22. The number of nitrogens with two attached hydrogens (primary N) is 1. The minimum Gasteiger partial charge on any atom is -0.394 e. The third-order valence-electron chi connectivity index (χ3n) is 3.53. The van der Waals surface area contributed by atoms with Crippen LogP contribution in [0.4, 0.5) is 0 Å². The van der Waals surface area contributed by atoms with Crippen molar-refractivity contribution in [1.82, 2.24) is 4.90 Å². The first-order chi connectivity index (χ1) is 8.45. The van der Waals surface area contributed by atoms with Gasteiger partial charge in [-0.15, -0.1) is 0 Å². The molecular weight excluding hydrogens is 238 g/mol. The van der Waals surface area contributed by atoms with Crippen LogP contribution in [0.1, 0.15) is 6.42 Å². The van der Waals surface area contributed by atoms with Crippen LogP contribution in [-0.2, 0) is 4.74 Å². The summed E-state index contributed by atoms with van der Waals surface area (Å²) in [6.07, 6.45) is 3.90. The second-order valence-electron chi connectivity index (χ2n) is 4.65. The lowest BCUT2D eigenvalue weighted by molar-refractivity contribution is -0.165. The average Bonchev–Trinajstić information content (AvgIpc) is 2.82. The van der Waals surface area contributed by atoms with Gasteiger partial charge in [0.15, 0.2) is 5.79 Å². The maximum Gasteiger partial charge on any atom is 0.195 e. The first kappa shape index (κ1) is 13.1. The molecule has 1 aliphatic carbocycles. The van der Waals surface area contributed by atoms with Crippen molar-refractivity contribution in [3.63, 3.8) is 0 Å². The molecule has 0 aromatic heterocycles. The molecule has 1 saturated carbocycles. The van der Waals surface area contributed by atoms with Gasteiger partial charge in [-0.1, -0.05) is 6.42 Å². The van der Waals surface area contributed by atoms with Gasteiger partial charge in [-0.25, -0.2) is 0 Å². The standard InChI is InChI=1S/C11H17N3O4/c1-2-14(4-3-7(12)13)10-8-9(16)6(5-15)18-11(8,10)17/h1,6,8-10,15-17H,3-5H2,(H3,12,13). The minimum absolute atomic E-state index is 0.00255. The van der Waals surface area contributed by atoms with Gasteiger partial charge in [0, 0.05) is 19.0 Å². The summed E-state index contributed by atoms with van der Waals surface area (Å²) >= 11 is 0. The maximum absolute atomic E-state index is 10.2. The smallest absolute Gasteiger partial charge is 0.195 e. The summed E-state index contributed by atoms with van der Waals surface area (Å²) in [6, 6.07) is 1.88. The van der Waals surface area contributed by atoms with Crippen LogP contribution in [0, 0.1) is 23.8 Å². The average molecular weight is 255 g/mol. The van der Waals surface area contributed by atoms with E-state index in [-0.39, 0.29) is 18.9 Å². The molecule has 2 fully saturated rings. The van der Waals surface area contributed by atoms with Gasteiger partial charge < -0.3 is 30.7 Å². The van der Waals surface area contributed by atoms with E-state index in [0.29, 0.717) is 6.54 Å². The molecule has 0 amide bonds. The Bertz CT molecular complexity index is 396. The second kappa shape index (κ2) is 4.40. The largest absolute Gasteiger partial charge is 0.394 e. The lowest BCUT2D eigenvalue weighted by Gasteiger charge is -2.25. The van der Waals surface area contributed by atoms with Crippen molar-refractivity contribution in [3.05, 3.63) is 0 Å². The molecule has 0 radical (unpaired) electrons. The van der Waals surface area contributed by atoms with Crippen molar-refractivity contribution in [2.45, 2.75) is 30.5 Å². The fourth-order valence-electron chi connectivity index (χ4n) is 2.57. The number of rotatable bonds is 5. The van der Waals surface area contributed by atoms with Crippen molar-refractivity contribution < 1.29 is 20.1 Å². The van der Waals surface area contributed by atoms with E-state index in [2.05, 4.69) is 6.04 Å². The van der Waals surface area contributed by atoms with E-state index in [1.54, 1.807) is 0 Å². The summed E-state index contributed by atoms with van der Waals surface area (Å²) in [6.45, 7) is -0.0363. The predicted molar refractivity (Wildman–Crippen MR) is 62.3 cm³/mol. The summed E-state index contributed by atoms with van der Waals surface area (Å²) in [5.74, 6) is -2.03. The summed E-state index contributed by atoms with van der Waals surface area (Å²) in [4.78, 5) is 1.48. The molecule has 7 heteroatoms. The molecule has 2 rings (SSSR count). The number of hydrogen-bond acceptors (Lipinski definition) is 6. The third-order valence-corrected chi connectivity index (χ3v) is 3.53. The summed E-state index contributed by atoms with van der Waals surface area (Å²) in [5, 5.41) is 36.1. The quantitative estimate of drug-likeness (QED) is 0.162. The van der Waals surface area contributed by atoms with Crippen LogP contribution in [-0.4, -0.2) is 63.2 Å². The van der Waals surface area contributed by atoms with Crippen molar-refractivity contribution >= 4 is 5.84 Å². The monoisotopic (exact) mass is 255 g/mol. The number of ether oxygens (including phenoxy) is 1. The topological polar surface area (TPSA) is 123 Å². The molecular formula is C11H17N3O4. The SMILES string of the molecule is C#CN(CCC(=N)N)C1C2C(O)C(CO)OC21O. The lowest BCUT2D eigenvalue weighted by Crippen LogP contribution is -2.40. The number of terminal acetylenes is 1. The van der Waals surface area contributed by atoms with Gasteiger partial charge >= 0.3 is 0 Å². The van der Waals surface area contributed by atoms with E-state index in [0.717, 1.165) is 0 Å². The molecule has 6 N–H and O–H groups in total. The molecule has 1 aliphatic heterocycles. The fourth-order valence-corrected chi connectivity index (χ4v) is 2.57. The maximum atomic E-state index is 10.2. The van der Waals surface area contributed by atoms with Gasteiger partial charge in [0.05, 0.1) is 24.5 Å². The molecule has 7 nitrogen and oxygen atoms in total. The molecule has 1 heterocycles. The highest BCUT2D eigenvalue weighted by molar-refractivity contribution is 5.77. The molecule has 5 atom stereocenters. The van der Waals surface area contributed by atoms with Crippen LogP contribution >= 0.6 is 0 Å². The lowest BCUT2D eigenvalue weighted by atomic mass is 10.1. The Hall–Kier alpha value is -1.33. The Morgan fingerprint density at radius 1 is 1.61 bits per heavy atom. The highest BCUT2D eigenvalue weighted by Gasteiger charge is 2.77. The number of amidine groups is 1. The Morgan fingerprint density at radius 2 is 2.28 bits per heavy atom. The zero-order valence-corrected chi connectivity index (χ0v) is 9.78. The first-order valence-electron chi connectivity index (χ1n) is 5.70. The normalized spacial score (nSPS) is 41.0. The molecule has 1 saturated heterocycles. The van der Waals surface area contributed by atoms with Crippen molar-refractivity contribution in [1.29, 1.82) is 5.41 Å². The van der Waals surface area contributed by atoms with Crippen LogP contribution in [0.15, 0.2) is 0 Å². The number of aliphatic hydroxyl groups is 3. The van der Waals surface area contributed by atoms with Gasteiger partial charge in [-0.3, -0.25) is 5.41 Å². The highest BCUT2D eigenvalue weighted by Crippen LogP contribution is 2.56. The van der Waals surface area contributed by atoms with E-state index in [9.17, 15) is 10.2 Å². The van der Waals surface area contributed by atoms with Crippen molar-refractivity contribution in [3.8, 4) is 12.5 Å². The van der Waals surface area contributed by atoms with Crippen LogP contribution in [0.3, 0.4) is 0 Å². The fraction of sp³-hybridized carbons (Fsp3) is 0.727. The Kier molecular flexibility index (Phi) is 3.21. The molecule has 18 heavy (non-hydrogen) atoms. The van der Waals surface area contributed by atoms with E-state index in [4.69, 9.17) is 27.4 Å². The number of nitrogens with one attached hydrogen (secondary N) is 1. The summed E-state index contributed by atoms with van der Waals surface area (Å²) in [7, 11) is 0. The van der Waals surface area contributed by atoms with Gasteiger partial charge in [-0.05, 0) is 0 Å². The molecule has 0 spiro atoms. The van der Waals surface area contributed by atoms with Crippen LogP contribution in [0.25, 0.3) is 0 Å². The van der Waals surface area contributed by atoms with E-state index in [1.807, 2.05) is 0 Å². The minimum atomic E-state index is -1.50.